The first-order valence-electron chi connectivity index (χ1n) is 9.53. The van der Waals surface area contributed by atoms with E-state index in [0.717, 1.165) is 32.1 Å². The third kappa shape index (κ3) is 3.49. The molecule has 4 nitrogen and oxygen atoms in total. The van der Waals surface area contributed by atoms with Crippen LogP contribution in [0.1, 0.15) is 58.3 Å². The number of carboxylic acids is 1. The van der Waals surface area contributed by atoms with Crippen molar-refractivity contribution in [3.8, 4) is 0 Å². The van der Waals surface area contributed by atoms with Gasteiger partial charge in [-0.15, -0.1) is 0 Å². The van der Waals surface area contributed by atoms with Crippen LogP contribution in [0, 0.1) is 23.7 Å². The molecule has 146 valence electrons. The van der Waals surface area contributed by atoms with Gasteiger partial charge in [0.1, 0.15) is 5.76 Å². The third-order valence-electron chi connectivity index (χ3n) is 6.45. The van der Waals surface area contributed by atoms with Gasteiger partial charge in [-0.25, -0.2) is 4.79 Å². The van der Waals surface area contributed by atoms with Gasteiger partial charge in [-0.3, -0.25) is 4.99 Å². The molecule has 1 aliphatic heterocycles. The minimum atomic E-state index is -4.41. The third-order valence-corrected chi connectivity index (χ3v) is 6.45. The Morgan fingerprint density at radius 3 is 2.35 bits per heavy atom. The molecule has 0 amide bonds. The Kier molecular flexibility index (Phi) is 5.35. The molecule has 0 aromatic heterocycles. The molecule has 2 fully saturated rings. The van der Waals surface area contributed by atoms with Crippen molar-refractivity contribution < 1.29 is 28.2 Å². The topological polar surface area (TPSA) is 69.9 Å². The van der Waals surface area contributed by atoms with E-state index >= 15 is 0 Å². The lowest BCUT2D eigenvalue weighted by Gasteiger charge is -2.41. The maximum atomic E-state index is 13.5. The molecule has 4 atom stereocenters. The van der Waals surface area contributed by atoms with Gasteiger partial charge >= 0.3 is 12.1 Å². The summed E-state index contributed by atoms with van der Waals surface area (Å²) in [5.74, 6) is -4.23. The predicted molar refractivity (Wildman–Crippen MR) is 91.1 cm³/mol. The van der Waals surface area contributed by atoms with E-state index in [1.54, 1.807) is 0 Å². The minimum absolute atomic E-state index is 0.0348. The largest absolute Gasteiger partial charge is 0.505 e. The van der Waals surface area contributed by atoms with Crippen molar-refractivity contribution in [1.82, 2.24) is 0 Å². The van der Waals surface area contributed by atoms with E-state index in [1.807, 2.05) is 6.92 Å². The van der Waals surface area contributed by atoms with Crippen LogP contribution >= 0.6 is 0 Å². The summed E-state index contributed by atoms with van der Waals surface area (Å²) in [4.78, 5) is 16.1. The average Bonchev–Trinajstić information content (AvgIpc) is 2.59. The zero-order chi connectivity index (χ0) is 19.1. The first-order valence-corrected chi connectivity index (χ1v) is 9.53. The fraction of sp³-hybridized carbons (Fsp3) is 0.789. The molecule has 2 N–H and O–H groups in total. The maximum absolute atomic E-state index is 13.5. The van der Waals surface area contributed by atoms with Crippen molar-refractivity contribution in [2.24, 2.45) is 28.7 Å². The summed E-state index contributed by atoms with van der Waals surface area (Å²) in [7, 11) is 0. The number of hydrogen-bond donors (Lipinski definition) is 2. The van der Waals surface area contributed by atoms with E-state index in [2.05, 4.69) is 4.99 Å². The summed E-state index contributed by atoms with van der Waals surface area (Å²) in [6, 6.07) is -1.13. The van der Waals surface area contributed by atoms with E-state index in [9.17, 15) is 28.2 Å². The number of halogens is 3. The number of fused-ring (bicyclic) bond motifs is 1. The maximum Gasteiger partial charge on any atom is 0.393 e. The molecule has 3 rings (SSSR count). The van der Waals surface area contributed by atoms with Gasteiger partial charge in [0.05, 0.1) is 23.2 Å². The number of aliphatic hydroxyl groups is 1. The highest BCUT2D eigenvalue weighted by molar-refractivity contribution is 6.07. The highest BCUT2D eigenvalue weighted by Crippen LogP contribution is 2.47. The molecule has 2 aliphatic carbocycles. The van der Waals surface area contributed by atoms with Gasteiger partial charge in [-0.05, 0) is 31.6 Å². The summed E-state index contributed by atoms with van der Waals surface area (Å²) >= 11 is 0. The Bertz CT molecular complexity index is 620. The van der Waals surface area contributed by atoms with Gasteiger partial charge in [0.15, 0.2) is 0 Å². The SMILES string of the molecule is CC(C1=NC2C(CCCC2C(F)(F)F)C(C(=O)O)=C1O)C1CCCCC1. The number of aliphatic carboxylic acids is 1. The lowest BCUT2D eigenvalue weighted by Crippen LogP contribution is -2.46. The first-order chi connectivity index (χ1) is 12.2. The Morgan fingerprint density at radius 2 is 1.77 bits per heavy atom. The summed E-state index contributed by atoms with van der Waals surface area (Å²) < 4.78 is 40.6. The number of rotatable bonds is 3. The Hall–Kier alpha value is -1.53. The highest BCUT2D eigenvalue weighted by Gasteiger charge is 2.53. The number of allylic oxidation sites excluding steroid dienone is 1. The van der Waals surface area contributed by atoms with Crippen LogP contribution in [0.5, 0.6) is 0 Å². The second-order valence-corrected chi connectivity index (χ2v) is 7.94. The smallest absolute Gasteiger partial charge is 0.393 e. The van der Waals surface area contributed by atoms with Crippen molar-refractivity contribution in [1.29, 1.82) is 0 Å². The van der Waals surface area contributed by atoms with Gasteiger partial charge < -0.3 is 10.2 Å². The van der Waals surface area contributed by atoms with Gasteiger partial charge in [0.25, 0.3) is 0 Å². The van der Waals surface area contributed by atoms with Crippen LogP contribution in [0.15, 0.2) is 16.3 Å². The van der Waals surface area contributed by atoms with Crippen molar-refractivity contribution >= 4 is 11.7 Å². The van der Waals surface area contributed by atoms with Gasteiger partial charge in [-0.1, -0.05) is 32.6 Å². The zero-order valence-electron chi connectivity index (χ0n) is 14.9. The van der Waals surface area contributed by atoms with Crippen LogP contribution in [-0.2, 0) is 4.79 Å². The molecule has 0 spiro atoms. The van der Waals surface area contributed by atoms with Crippen LogP contribution in [0.25, 0.3) is 0 Å². The fourth-order valence-electron chi connectivity index (χ4n) is 5.02. The second kappa shape index (κ2) is 7.24. The van der Waals surface area contributed by atoms with Crippen molar-refractivity contribution in [2.75, 3.05) is 0 Å². The molecule has 2 saturated carbocycles. The minimum Gasteiger partial charge on any atom is -0.505 e. The van der Waals surface area contributed by atoms with Gasteiger partial charge in [-0.2, -0.15) is 13.2 Å². The molecule has 0 bridgehead atoms. The molecular weight excluding hydrogens is 347 g/mol. The van der Waals surface area contributed by atoms with E-state index < -0.39 is 30.0 Å². The van der Waals surface area contributed by atoms with Crippen LogP contribution in [0.4, 0.5) is 13.2 Å². The van der Waals surface area contributed by atoms with E-state index in [-0.39, 0.29) is 35.3 Å². The summed E-state index contributed by atoms with van der Waals surface area (Å²) in [6.07, 6.45) is 1.27. The second-order valence-electron chi connectivity index (χ2n) is 7.94. The van der Waals surface area contributed by atoms with Crippen LogP contribution in [0.2, 0.25) is 0 Å². The normalized spacial score (nSPS) is 32.0. The molecule has 1 heterocycles. The quantitative estimate of drug-likeness (QED) is 0.739. The van der Waals surface area contributed by atoms with E-state index in [4.69, 9.17) is 0 Å². The molecule has 0 saturated heterocycles. The Labute approximate surface area is 151 Å². The van der Waals surface area contributed by atoms with Crippen LogP contribution in [0.3, 0.4) is 0 Å². The lowest BCUT2D eigenvalue weighted by molar-refractivity contribution is -0.189. The number of dihydropyridines is 1. The fourth-order valence-corrected chi connectivity index (χ4v) is 5.02. The summed E-state index contributed by atoms with van der Waals surface area (Å²) in [6.45, 7) is 1.86. The van der Waals surface area contributed by atoms with Crippen molar-refractivity contribution in [3.63, 3.8) is 0 Å². The number of aliphatic hydroxyl groups excluding tert-OH is 1. The molecule has 3 aliphatic rings. The molecule has 0 aromatic rings. The standard InChI is InChI=1S/C19H26F3NO3/c1-10(11-6-3-2-4-7-11)15-17(24)14(18(25)26)12-8-5-9-13(16(12)23-15)19(20,21)22/h10-13,16,24H,2-9H2,1H3,(H,25,26). The number of carbonyl (C=O) groups is 1. The molecule has 26 heavy (non-hydrogen) atoms. The number of hydrogen-bond acceptors (Lipinski definition) is 3. The average molecular weight is 373 g/mol. The van der Waals surface area contributed by atoms with Crippen LogP contribution < -0.4 is 0 Å². The number of alkyl halides is 3. The lowest BCUT2D eigenvalue weighted by atomic mass is 9.69. The molecule has 4 unspecified atom stereocenters. The monoisotopic (exact) mass is 373 g/mol. The van der Waals surface area contributed by atoms with Crippen molar-refractivity contribution in [2.45, 2.75) is 70.5 Å². The van der Waals surface area contributed by atoms with Gasteiger partial charge in [0, 0.05) is 11.8 Å². The Balaban J connectivity index is 2.00. The Morgan fingerprint density at radius 1 is 1.12 bits per heavy atom. The first kappa shape index (κ1) is 19.2. The molecule has 7 heteroatoms. The zero-order valence-corrected chi connectivity index (χ0v) is 14.9. The predicted octanol–water partition coefficient (Wildman–Crippen LogP) is 4.90. The summed E-state index contributed by atoms with van der Waals surface area (Å²) in [5, 5.41) is 20.2. The van der Waals surface area contributed by atoms with Crippen LogP contribution in [-0.4, -0.2) is 34.1 Å². The van der Waals surface area contributed by atoms with Crippen molar-refractivity contribution in [3.05, 3.63) is 11.3 Å². The molecule has 0 radical (unpaired) electrons. The van der Waals surface area contributed by atoms with E-state index in [1.165, 1.54) is 0 Å². The molecular formula is C19H26F3NO3. The highest BCUT2D eigenvalue weighted by atomic mass is 19.4. The molecule has 0 aromatic carbocycles. The summed E-state index contributed by atoms with van der Waals surface area (Å²) in [5.41, 5.74) is -0.0942. The van der Waals surface area contributed by atoms with Gasteiger partial charge in [0.2, 0.25) is 0 Å². The van der Waals surface area contributed by atoms with E-state index in [0.29, 0.717) is 12.8 Å². The number of carboxylic acid groups (broad SMARTS) is 1. The number of aliphatic imine (C=N–C) groups is 1. The number of nitrogens with zero attached hydrogens (tertiary/aromatic N) is 1.